The summed E-state index contributed by atoms with van der Waals surface area (Å²) in [4.78, 5) is 35.8. The third-order valence-electron chi connectivity index (χ3n) is 5.86. The van der Waals surface area contributed by atoms with Gasteiger partial charge in [-0.2, -0.15) is 0 Å². The van der Waals surface area contributed by atoms with E-state index in [1.807, 2.05) is 0 Å². The molecule has 0 aliphatic heterocycles. The maximum absolute atomic E-state index is 9.69. The second-order valence-electron chi connectivity index (χ2n) is 9.07. The molecular formula is C23H50O8P2. The third-order valence-corrected chi connectivity index (χ3v) is 6.58. The van der Waals surface area contributed by atoms with Crippen LogP contribution in [0.2, 0.25) is 0 Å². The molecule has 0 radical (unpaired) electrons. The lowest BCUT2D eigenvalue weighted by Crippen LogP contribution is -2.40. The minimum atomic E-state index is -2.58. The van der Waals surface area contributed by atoms with Gasteiger partial charge in [-0.25, -0.2) is 0 Å². The summed E-state index contributed by atoms with van der Waals surface area (Å²) in [6, 6.07) is 0. The number of rotatable bonds is 26. The van der Waals surface area contributed by atoms with E-state index in [1.54, 1.807) is 0 Å². The molecule has 10 heteroatoms. The van der Waals surface area contributed by atoms with Gasteiger partial charge < -0.3 is 38.5 Å². The fourth-order valence-corrected chi connectivity index (χ4v) is 4.47. The predicted octanol–water partition coefficient (Wildman–Crippen LogP) is 5.70. The molecule has 0 amide bonds. The Bertz CT molecular complexity index is 391. The topological polar surface area (TPSA) is 129 Å². The molecule has 0 rings (SSSR count). The van der Waals surface area contributed by atoms with Crippen molar-refractivity contribution in [2.75, 3.05) is 33.0 Å². The van der Waals surface area contributed by atoms with E-state index in [-0.39, 0.29) is 19.8 Å². The SMILES string of the molecule is CCCCCCCCCCCCCCCCCCOCC(CO)(COP(O)O)COP(O)O. The van der Waals surface area contributed by atoms with Crippen molar-refractivity contribution in [3.05, 3.63) is 0 Å². The average Bonchev–Trinajstić information content (AvgIpc) is 2.79. The molecule has 0 unspecified atom stereocenters. The summed E-state index contributed by atoms with van der Waals surface area (Å²) in [7, 11) is -5.16. The molecule has 0 aromatic rings. The molecule has 0 spiro atoms. The zero-order valence-electron chi connectivity index (χ0n) is 20.7. The van der Waals surface area contributed by atoms with Gasteiger partial charge in [-0.15, -0.1) is 0 Å². The van der Waals surface area contributed by atoms with Crippen LogP contribution in [0.5, 0.6) is 0 Å². The Morgan fingerprint density at radius 2 is 0.909 bits per heavy atom. The standard InChI is InChI=1S/C23H50O8P2/c1-2-3-4-5-6-7-8-9-10-11-12-13-14-15-16-17-18-29-20-23(19-24,21-30-32(25)26)22-31-33(27)28/h24-28H,2-22H2,1H3. The molecule has 0 fully saturated rings. The fourth-order valence-electron chi connectivity index (χ4n) is 3.69. The maximum atomic E-state index is 9.69. The van der Waals surface area contributed by atoms with Gasteiger partial charge >= 0.3 is 17.2 Å². The van der Waals surface area contributed by atoms with Crippen molar-refractivity contribution in [2.24, 2.45) is 5.41 Å². The first kappa shape index (κ1) is 33.5. The molecule has 0 heterocycles. The van der Waals surface area contributed by atoms with Gasteiger partial charge in [0.15, 0.2) is 0 Å². The Morgan fingerprint density at radius 1 is 0.545 bits per heavy atom. The van der Waals surface area contributed by atoms with Gasteiger partial charge in [0, 0.05) is 6.61 Å². The first-order valence-electron chi connectivity index (χ1n) is 12.8. The molecule has 0 atom stereocenters. The second kappa shape index (κ2) is 24.2. The largest absolute Gasteiger partial charge is 0.396 e. The minimum Gasteiger partial charge on any atom is -0.396 e. The van der Waals surface area contributed by atoms with Gasteiger partial charge in [-0.05, 0) is 6.42 Å². The van der Waals surface area contributed by atoms with E-state index in [0.717, 1.165) is 12.8 Å². The number of aliphatic hydroxyl groups excluding tert-OH is 1. The molecule has 8 nitrogen and oxygen atoms in total. The van der Waals surface area contributed by atoms with Crippen molar-refractivity contribution in [1.82, 2.24) is 0 Å². The lowest BCUT2D eigenvalue weighted by Gasteiger charge is -2.31. The summed E-state index contributed by atoms with van der Waals surface area (Å²) in [5.41, 5.74) is -1.08. The van der Waals surface area contributed by atoms with E-state index in [9.17, 15) is 5.11 Å². The minimum absolute atomic E-state index is 0.0641. The maximum Gasteiger partial charge on any atom is 0.327 e. The second-order valence-corrected chi connectivity index (χ2v) is 10.6. The van der Waals surface area contributed by atoms with Crippen molar-refractivity contribution in [3.8, 4) is 0 Å². The number of unbranched alkanes of at least 4 members (excludes halogenated alkanes) is 15. The Hall–Kier alpha value is 0.540. The molecule has 0 bridgehead atoms. The summed E-state index contributed by atoms with van der Waals surface area (Å²) in [6.07, 6.45) is 20.8. The molecule has 0 saturated carbocycles. The van der Waals surface area contributed by atoms with Crippen LogP contribution in [0.25, 0.3) is 0 Å². The van der Waals surface area contributed by atoms with Gasteiger partial charge in [0.25, 0.3) is 0 Å². The van der Waals surface area contributed by atoms with Crippen LogP contribution in [-0.2, 0) is 13.8 Å². The molecule has 33 heavy (non-hydrogen) atoms. The first-order chi connectivity index (χ1) is 16.0. The molecule has 0 aliphatic rings. The smallest absolute Gasteiger partial charge is 0.327 e. The molecular weight excluding hydrogens is 466 g/mol. The van der Waals surface area contributed by atoms with Crippen molar-refractivity contribution in [3.63, 3.8) is 0 Å². The Balaban J connectivity index is 3.62. The predicted molar refractivity (Wildman–Crippen MR) is 135 cm³/mol. The van der Waals surface area contributed by atoms with Gasteiger partial charge in [-0.3, -0.25) is 0 Å². The van der Waals surface area contributed by atoms with E-state index in [0.29, 0.717) is 6.61 Å². The van der Waals surface area contributed by atoms with Crippen molar-refractivity contribution in [1.29, 1.82) is 0 Å². The van der Waals surface area contributed by atoms with E-state index < -0.39 is 29.2 Å². The highest BCUT2D eigenvalue weighted by atomic mass is 31.2. The van der Waals surface area contributed by atoms with Crippen LogP contribution in [0, 0.1) is 5.41 Å². The summed E-state index contributed by atoms with van der Waals surface area (Å²) in [5.74, 6) is 0. The number of aliphatic hydroxyl groups is 1. The number of ether oxygens (including phenoxy) is 1. The fraction of sp³-hybridized carbons (Fsp3) is 1.00. The molecule has 5 N–H and O–H groups in total. The van der Waals surface area contributed by atoms with Crippen LogP contribution in [0.4, 0.5) is 0 Å². The highest BCUT2D eigenvalue weighted by molar-refractivity contribution is 7.39. The van der Waals surface area contributed by atoms with Crippen LogP contribution in [0.1, 0.15) is 110 Å². The van der Waals surface area contributed by atoms with Crippen molar-refractivity contribution < 1.29 is 38.5 Å². The van der Waals surface area contributed by atoms with Gasteiger partial charge in [-0.1, -0.05) is 103 Å². The summed E-state index contributed by atoms with van der Waals surface area (Å²) >= 11 is 0. The zero-order chi connectivity index (χ0) is 24.6. The summed E-state index contributed by atoms with van der Waals surface area (Å²) in [5, 5.41) is 9.69. The quantitative estimate of drug-likeness (QED) is 0.0732. The Labute approximate surface area is 204 Å². The van der Waals surface area contributed by atoms with Crippen LogP contribution in [0.15, 0.2) is 0 Å². The lowest BCUT2D eigenvalue weighted by atomic mass is 9.93. The van der Waals surface area contributed by atoms with Crippen LogP contribution in [0.3, 0.4) is 0 Å². The van der Waals surface area contributed by atoms with Crippen molar-refractivity contribution in [2.45, 2.75) is 110 Å². The van der Waals surface area contributed by atoms with Gasteiger partial charge in [0.2, 0.25) is 0 Å². The third kappa shape index (κ3) is 22.7. The Morgan fingerprint density at radius 3 is 1.24 bits per heavy atom. The summed E-state index contributed by atoms with van der Waals surface area (Å²) < 4.78 is 15.3. The van der Waals surface area contributed by atoms with E-state index >= 15 is 0 Å². The van der Waals surface area contributed by atoms with Crippen LogP contribution >= 0.6 is 17.2 Å². The van der Waals surface area contributed by atoms with E-state index in [2.05, 4.69) is 6.92 Å². The average molecular weight is 517 g/mol. The first-order valence-corrected chi connectivity index (χ1v) is 15.1. The highest BCUT2D eigenvalue weighted by Gasteiger charge is 2.33. The number of hydrogen-bond donors (Lipinski definition) is 5. The molecule has 0 saturated heterocycles. The van der Waals surface area contributed by atoms with Gasteiger partial charge in [0.05, 0.1) is 31.8 Å². The number of hydrogen-bond acceptors (Lipinski definition) is 8. The van der Waals surface area contributed by atoms with Gasteiger partial charge in [0.1, 0.15) is 0 Å². The van der Waals surface area contributed by atoms with Crippen LogP contribution < -0.4 is 0 Å². The summed E-state index contributed by atoms with van der Waals surface area (Å²) in [6.45, 7) is 2.00. The normalized spacial score (nSPS) is 12.4. The molecule has 0 aromatic heterocycles. The zero-order valence-corrected chi connectivity index (χ0v) is 22.5. The lowest BCUT2D eigenvalue weighted by molar-refractivity contribution is -0.0500. The van der Waals surface area contributed by atoms with Crippen molar-refractivity contribution >= 4 is 17.2 Å². The Kier molecular flexibility index (Phi) is 24.6. The molecule has 200 valence electrons. The molecule has 0 aliphatic carbocycles. The molecule has 0 aromatic carbocycles. The van der Waals surface area contributed by atoms with E-state index in [1.165, 1.54) is 89.9 Å². The highest BCUT2D eigenvalue weighted by Crippen LogP contribution is 2.33. The monoisotopic (exact) mass is 516 g/mol. The van der Waals surface area contributed by atoms with E-state index in [4.69, 9.17) is 33.4 Å². The van der Waals surface area contributed by atoms with Crippen LogP contribution in [-0.4, -0.2) is 57.7 Å².